The maximum atomic E-state index is 11.9. The number of piperidine rings is 1. The highest BCUT2D eigenvalue weighted by molar-refractivity contribution is 4.84. The lowest BCUT2D eigenvalue weighted by Crippen LogP contribution is -2.50. The van der Waals surface area contributed by atoms with Crippen molar-refractivity contribution < 1.29 is 19.0 Å². The summed E-state index contributed by atoms with van der Waals surface area (Å²) in [5.41, 5.74) is 0. The Morgan fingerprint density at radius 1 is 1.33 bits per heavy atom. The van der Waals surface area contributed by atoms with Crippen molar-refractivity contribution in [2.24, 2.45) is 5.92 Å². The van der Waals surface area contributed by atoms with Gasteiger partial charge in [0.1, 0.15) is 0 Å². The molecule has 1 saturated heterocycles. The SMILES string of the molecule is O[C@@H]1[C@@H](CC(F)F)CNC[C@H]1O. The highest BCUT2D eigenvalue weighted by Crippen LogP contribution is 2.19. The van der Waals surface area contributed by atoms with E-state index in [1.54, 1.807) is 0 Å². The number of aliphatic hydroxyl groups is 2. The van der Waals surface area contributed by atoms with Crippen molar-refractivity contribution in [3.8, 4) is 0 Å². The van der Waals surface area contributed by atoms with Gasteiger partial charge in [0.2, 0.25) is 6.43 Å². The fourth-order valence-corrected chi connectivity index (χ4v) is 1.42. The smallest absolute Gasteiger partial charge is 0.239 e. The van der Waals surface area contributed by atoms with Crippen molar-refractivity contribution >= 4 is 0 Å². The average Bonchev–Trinajstić information content (AvgIpc) is 1.98. The van der Waals surface area contributed by atoms with Crippen molar-refractivity contribution in [2.45, 2.75) is 25.1 Å². The predicted molar refractivity (Wildman–Crippen MR) is 39.0 cm³/mol. The molecule has 0 aliphatic carbocycles. The van der Waals surface area contributed by atoms with E-state index in [2.05, 4.69) is 5.32 Å². The molecule has 3 atom stereocenters. The van der Waals surface area contributed by atoms with Crippen molar-refractivity contribution in [2.75, 3.05) is 13.1 Å². The Kier molecular flexibility index (Phi) is 3.37. The van der Waals surface area contributed by atoms with Crippen LogP contribution >= 0.6 is 0 Å². The first-order valence-corrected chi connectivity index (χ1v) is 3.96. The number of hydrogen-bond acceptors (Lipinski definition) is 3. The van der Waals surface area contributed by atoms with E-state index in [-0.39, 0.29) is 13.0 Å². The second kappa shape index (κ2) is 4.11. The van der Waals surface area contributed by atoms with Crippen LogP contribution in [0, 0.1) is 5.92 Å². The molecule has 72 valence electrons. The third-order valence-electron chi connectivity index (χ3n) is 2.12. The Balaban J connectivity index is 2.41. The second-order valence-electron chi connectivity index (χ2n) is 3.10. The summed E-state index contributed by atoms with van der Waals surface area (Å²) in [4.78, 5) is 0. The minimum Gasteiger partial charge on any atom is -0.390 e. The first kappa shape index (κ1) is 9.83. The minimum atomic E-state index is -2.42. The minimum absolute atomic E-state index is 0.279. The van der Waals surface area contributed by atoms with E-state index < -0.39 is 24.6 Å². The molecule has 12 heavy (non-hydrogen) atoms. The van der Waals surface area contributed by atoms with Gasteiger partial charge in [0.05, 0.1) is 12.2 Å². The number of rotatable bonds is 2. The highest BCUT2D eigenvalue weighted by atomic mass is 19.3. The van der Waals surface area contributed by atoms with E-state index >= 15 is 0 Å². The molecule has 1 heterocycles. The molecule has 0 aromatic rings. The van der Waals surface area contributed by atoms with Crippen molar-refractivity contribution in [1.29, 1.82) is 0 Å². The monoisotopic (exact) mass is 181 g/mol. The predicted octanol–water partition coefficient (Wildman–Crippen LogP) is -0.417. The van der Waals surface area contributed by atoms with E-state index in [0.717, 1.165) is 0 Å². The van der Waals surface area contributed by atoms with Crippen LogP contribution in [0.4, 0.5) is 8.78 Å². The topological polar surface area (TPSA) is 52.5 Å². The number of alkyl halides is 2. The molecule has 0 radical (unpaired) electrons. The van der Waals surface area contributed by atoms with Gasteiger partial charge in [0.15, 0.2) is 0 Å². The maximum Gasteiger partial charge on any atom is 0.239 e. The normalized spacial score (nSPS) is 37.2. The number of aliphatic hydroxyl groups excluding tert-OH is 2. The Bertz CT molecular complexity index is 145. The Morgan fingerprint density at radius 3 is 2.58 bits per heavy atom. The maximum absolute atomic E-state index is 11.9. The lowest BCUT2D eigenvalue weighted by Gasteiger charge is -2.32. The van der Waals surface area contributed by atoms with Gasteiger partial charge in [-0.2, -0.15) is 0 Å². The zero-order valence-electron chi connectivity index (χ0n) is 6.58. The fourth-order valence-electron chi connectivity index (χ4n) is 1.42. The van der Waals surface area contributed by atoms with Crippen molar-refractivity contribution in [3.63, 3.8) is 0 Å². The van der Waals surface area contributed by atoms with Crippen LogP contribution in [0.15, 0.2) is 0 Å². The summed E-state index contributed by atoms with van der Waals surface area (Å²) in [5, 5.41) is 21.1. The van der Waals surface area contributed by atoms with Crippen LogP contribution in [0.25, 0.3) is 0 Å². The van der Waals surface area contributed by atoms with E-state index in [1.165, 1.54) is 0 Å². The molecule has 3 N–H and O–H groups in total. The summed E-state index contributed by atoms with van der Waals surface area (Å²) in [6.07, 6.45) is -4.70. The van der Waals surface area contributed by atoms with Gasteiger partial charge >= 0.3 is 0 Å². The lowest BCUT2D eigenvalue weighted by atomic mass is 9.91. The zero-order valence-corrected chi connectivity index (χ0v) is 6.58. The molecule has 1 aliphatic heterocycles. The molecule has 5 heteroatoms. The van der Waals surface area contributed by atoms with Gasteiger partial charge in [0.25, 0.3) is 0 Å². The third-order valence-corrected chi connectivity index (χ3v) is 2.12. The fraction of sp³-hybridized carbons (Fsp3) is 1.00. The third kappa shape index (κ3) is 2.36. The summed E-state index contributed by atoms with van der Waals surface area (Å²) < 4.78 is 23.8. The van der Waals surface area contributed by atoms with E-state index in [1.807, 2.05) is 0 Å². The van der Waals surface area contributed by atoms with Crippen LogP contribution in [0.2, 0.25) is 0 Å². The lowest BCUT2D eigenvalue weighted by molar-refractivity contribution is -0.0509. The molecule has 1 fully saturated rings. The molecule has 0 aromatic heterocycles. The van der Waals surface area contributed by atoms with E-state index in [0.29, 0.717) is 6.54 Å². The van der Waals surface area contributed by atoms with Gasteiger partial charge in [0, 0.05) is 25.4 Å². The number of nitrogens with one attached hydrogen (secondary N) is 1. The number of hydrogen-bond donors (Lipinski definition) is 3. The molecule has 0 bridgehead atoms. The van der Waals surface area contributed by atoms with Crippen LogP contribution < -0.4 is 5.32 Å². The van der Waals surface area contributed by atoms with Crippen LogP contribution in [0.3, 0.4) is 0 Å². The zero-order chi connectivity index (χ0) is 9.14. The Hall–Kier alpha value is -0.260. The summed E-state index contributed by atoms with van der Waals surface area (Å²) >= 11 is 0. The highest BCUT2D eigenvalue weighted by Gasteiger charge is 2.31. The summed E-state index contributed by atoms with van der Waals surface area (Å²) in [6, 6.07) is 0. The quantitative estimate of drug-likeness (QED) is 0.542. The van der Waals surface area contributed by atoms with Crippen LogP contribution in [-0.4, -0.2) is 41.9 Å². The van der Waals surface area contributed by atoms with Crippen LogP contribution in [0.5, 0.6) is 0 Å². The summed E-state index contributed by atoms with van der Waals surface area (Å²) in [5.74, 6) is -0.534. The van der Waals surface area contributed by atoms with E-state index in [4.69, 9.17) is 5.11 Å². The first-order chi connectivity index (χ1) is 5.61. The molecule has 1 aliphatic rings. The standard InChI is InChI=1S/C7H13F2NO2/c8-6(9)1-4-2-10-3-5(11)7(4)12/h4-7,10-12H,1-3H2/t4-,5+,7+/m0/s1. The van der Waals surface area contributed by atoms with E-state index in [9.17, 15) is 13.9 Å². The molecule has 0 unspecified atom stereocenters. The van der Waals surface area contributed by atoms with Crippen molar-refractivity contribution in [1.82, 2.24) is 5.32 Å². The molecule has 3 nitrogen and oxygen atoms in total. The summed E-state index contributed by atoms with van der Waals surface area (Å²) in [6.45, 7) is 0.628. The van der Waals surface area contributed by atoms with Crippen LogP contribution in [-0.2, 0) is 0 Å². The van der Waals surface area contributed by atoms with Gasteiger partial charge in [-0.25, -0.2) is 8.78 Å². The second-order valence-corrected chi connectivity index (χ2v) is 3.10. The molecule has 0 saturated carbocycles. The first-order valence-electron chi connectivity index (χ1n) is 3.96. The molecule has 0 amide bonds. The Morgan fingerprint density at radius 2 is 2.00 bits per heavy atom. The molecule has 0 spiro atoms. The van der Waals surface area contributed by atoms with Gasteiger partial charge < -0.3 is 15.5 Å². The molecular formula is C7H13F2NO2. The van der Waals surface area contributed by atoms with Gasteiger partial charge in [-0.15, -0.1) is 0 Å². The number of β-amino-alcohol motifs (C(OH)–C–C–N with tert-alkyl or cyclic N) is 1. The average molecular weight is 181 g/mol. The van der Waals surface area contributed by atoms with Crippen molar-refractivity contribution in [3.05, 3.63) is 0 Å². The largest absolute Gasteiger partial charge is 0.390 e. The van der Waals surface area contributed by atoms with Gasteiger partial charge in [-0.3, -0.25) is 0 Å². The molecule has 1 rings (SSSR count). The van der Waals surface area contributed by atoms with Crippen LogP contribution in [0.1, 0.15) is 6.42 Å². The molecule has 0 aromatic carbocycles. The Labute approximate surface area is 69.4 Å². The van der Waals surface area contributed by atoms with Gasteiger partial charge in [-0.05, 0) is 0 Å². The number of halogens is 2. The van der Waals surface area contributed by atoms with Gasteiger partial charge in [-0.1, -0.05) is 0 Å². The summed E-state index contributed by atoms with van der Waals surface area (Å²) in [7, 11) is 0. The molecular weight excluding hydrogens is 168 g/mol.